The quantitative estimate of drug-likeness (QED) is 0.812. The number of thiophene rings is 1. The van der Waals surface area contributed by atoms with Crippen LogP contribution in [-0.4, -0.2) is 12.7 Å². The highest BCUT2D eigenvalue weighted by Gasteiger charge is 2.28. The summed E-state index contributed by atoms with van der Waals surface area (Å²) in [7, 11) is 0. The van der Waals surface area contributed by atoms with Crippen molar-refractivity contribution in [1.29, 1.82) is 0 Å². The molecule has 0 bridgehead atoms. The number of hydrogen-bond donors (Lipinski definition) is 1. The van der Waals surface area contributed by atoms with Crippen molar-refractivity contribution in [2.45, 2.75) is 19.0 Å². The Morgan fingerprint density at radius 1 is 1.23 bits per heavy atom. The Morgan fingerprint density at radius 2 is 1.85 bits per heavy atom. The van der Waals surface area contributed by atoms with Gasteiger partial charge in [0.2, 0.25) is 0 Å². The molecule has 13 heavy (non-hydrogen) atoms. The lowest BCUT2D eigenvalue weighted by Gasteiger charge is -2.02. The fraction of sp³-hybridized carbons (Fsp3) is 0.500. The molecule has 2 N–H and O–H groups in total. The summed E-state index contributed by atoms with van der Waals surface area (Å²) < 4.78 is 35.8. The van der Waals surface area contributed by atoms with Crippen molar-refractivity contribution >= 4 is 11.3 Å². The Bertz CT molecular complexity index is 267. The largest absolute Gasteiger partial charge is 0.393 e. The van der Waals surface area contributed by atoms with Gasteiger partial charge in [0.05, 0.1) is 6.42 Å². The van der Waals surface area contributed by atoms with Crippen molar-refractivity contribution < 1.29 is 13.2 Å². The lowest BCUT2D eigenvalue weighted by Crippen LogP contribution is -2.10. The molecule has 0 spiro atoms. The molecule has 74 valence electrons. The van der Waals surface area contributed by atoms with Crippen LogP contribution in [0.3, 0.4) is 0 Å². The van der Waals surface area contributed by atoms with Gasteiger partial charge in [-0.3, -0.25) is 0 Å². The molecule has 1 heterocycles. The van der Waals surface area contributed by atoms with E-state index in [2.05, 4.69) is 0 Å². The third-order valence-corrected chi connectivity index (χ3v) is 2.63. The van der Waals surface area contributed by atoms with Gasteiger partial charge in [0.1, 0.15) is 0 Å². The molecule has 5 heteroatoms. The third-order valence-electron chi connectivity index (χ3n) is 1.48. The smallest absolute Gasteiger partial charge is 0.330 e. The first-order valence-corrected chi connectivity index (χ1v) is 4.67. The SMILES string of the molecule is NCCc1ccc(CC(F)(F)F)s1. The van der Waals surface area contributed by atoms with Crippen LogP contribution in [0.2, 0.25) is 0 Å². The molecule has 0 atom stereocenters. The molecule has 0 fully saturated rings. The van der Waals surface area contributed by atoms with Crippen molar-refractivity contribution in [3.63, 3.8) is 0 Å². The summed E-state index contributed by atoms with van der Waals surface area (Å²) in [5, 5.41) is 0. The maximum atomic E-state index is 11.9. The normalized spacial score (nSPS) is 12.0. The zero-order chi connectivity index (χ0) is 9.90. The molecule has 1 aromatic heterocycles. The molecular weight excluding hydrogens is 199 g/mol. The highest BCUT2D eigenvalue weighted by molar-refractivity contribution is 7.12. The lowest BCUT2D eigenvalue weighted by molar-refractivity contribution is -0.126. The Balaban J connectivity index is 2.59. The molecular formula is C8H10F3NS. The van der Waals surface area contributed by atoms with Crippen LogP contribution in [0, 0.1) is 0 Å². The molecule has 1 aromatic rings. The van der Waals surface area contributed by atoms with Gasteiger partial charge >= 0.3 is 6.18 Å². The van der Waals surface area contributed by atoms with E-state index in [1.54, 1.807) is 6.07 Å². The van der Waals surface area contributed by atoms with Crippen LogP contribution < -0.4 is 5.73 Å². The molecule has 0 saturated carbocycles. The van der Waals surface area contributed by atoms with Crippen molar-refractivity contribution in [3.8, 4) is 0 Å². The first-order chi connectivity index (χ1) is 6.01. The molecule has 0 aliphatic rings. The topological polar surface area (TPSA) is 26.0 Å². The minimum atomic E-state index is -4.11. The van der Waals surface area contributed by atoms with E-state index in [1.807, 2.05) is 0 Å². The average Bonchev–Trinajstić information content (AvgIpc) is 2.33. The fourth-order valence-electron chi connectivity index (χ4n) is 0.992. The predicted molar refractivity (Wildman–Crippen MR) is 46.8 cm³/mol. The summed E-state index contributed by atoms with van der Waals surface area (Å²) in [5.74, 6) is 0. The average molecular weight is 209 g/mol. The van der Waals surface area contributed by atoms with Gasteiger partial charge in [-0.05, 0) is 25.1 Å². The summed E-state index contributed by atoms with van der Waals surface area (Å²) in [5.41, 5.74) is 5.28. The van der Waals surface area contributed by atoms with Crippen LogP contribution in [0.4, 0.5) is 13.2 Å². The number of halogens is 3. The van der Waals surface area contributed by atoms with E-state index in [9.17, 15) is 13.2 Å². The predicted octanol–water partition coefficient (Wildman–Crippen LogP) is 2.35. The first-order valence-electron chi connectivity index (χ1n) is 3.85. The highest BCUT2D eigenvalue weighted by atomic mass is 32.1. The van der Waals surface area contributed by atoms with Crippen molar-refractivity contribution in [1.82, 2.24) is 0 Å². The van der Waals surface area contributed by atoms with E-state index in [4.69, 9.17) is 5.73 Å². The van der Waals surface area contributed by atoms with Gasteiger partial charge in [0, 0.05) is 9.75 Å². The molecule has 0 aliphatic heterocycles. The fourth-order valence-corrected chi connectivity index (χ4v) is 2.06. The summed E-state index contributed by atoms with van der Waals surface area (Å²) in [6.07, 6.45) is -4.28. The molecule has 0 unspecified atom stereocenters. The number of alkyl halides is 3. The van der Waals surface area contributed by atoms with Gasteiger partial charge < -0.3 is 5.73 Å². The van der Waals surface area contributed by atoms with Crippen LogP contribution in [0.1, 0.15) is 9.75 Å². The second-order valence-corrected chi connectivity index (χ2v) is 3.95. The minimum absolute atomic E-state index is 0.357. The molecule has 0 aliphatic carbocycles. The van der Waals surface area contributed by atoms with Gasteiger partial charge in [-0.25, -0.2) is 0 Å². The summed E-state index contributed by atoms with van der Waals surface area (Å²) in [4.78, 5) is 1.28. The van der Waals surface area contributed by atoms with E-state index < -0.39 is 12.6 Å². The molecule has 0 amide bonds. The van der Waals surface area contributed by atoms with E-state index in [-0.39, 0.29) is 0 Å². The zero-order valence-corrected chi connectivity index (χ0v) is 7.71. The molecule has 0 aromatic carbocycles. The van der Waals surface area contributed by atoms with Crippen LogP contribution in [-0.2, 0) is 12.8 Å². The molecule has 1 rings (SSSR count). The van der Waals surface area contributed by atoms with Crippen molar-refractivity contribution in [2.24, 2.45) is 5.73 Å². The van der Waals surface area contributed by atoms with Crippen LogP contribution in [0.5, 0.6) is 0 Å². The summed E-state index contributed by atoms with van der Waals surface area (Å²) in [6, 6.07) is 3.22. The number of rotatable bonds is 3. The standard InChI is InChI=1S/C8H10F3NS/c9-8(10,11)5-7-2-1-6(13-7)3-4-12/h1-2H,3-5,12H2. The molecule has 0 saturated heterocycles. The van der Waals surface area contributed by atoms with E-state index in [1.165, 1.54) is 17.4 Å². The highest BCUT2D eigenvalue weighted by Crippen LogP contribution is 2.26. The Labute approximate surface area is 78.4 Å². The van der Waals surface area contributed by atoms with Gasteiger partial charge in [-0.2, -0.15) is 13.2 Å². The van der Waals surface area contributed by atoms with Crippen molar-refractivity contribution in [3.05, 3.63) is 21.9 Å². The Kier molecular flexibility index (Phi) is 3.33. The van der Waals surface area contributed by atoms with Gasteiger partial charge in [-0.1, -0.05) is 0 Å². The molecule has 0 radical (unpaired) electrons. The second kappa shape index (κ2) is 4.11. The van der Waals surface area contributed by atoms with Gasteiger partial charge in [0.25, 0.3) is 0 Å². The van der Waals surface area contributed by atoms with Crippen LogP contribution in [0.15, 0.2) is 12.1 Å². The Morgan fingerprint density at radius 3 is 2.38 bits per heavy atom. The monoisotopic (exact) mass is 209 g/mol. The van der Waals surface area contributed by atoms with E-state index in [0.717, 1.165) is 4.88 Å². The number of hydrogen-bond acceptors (Lipinski definition) is 2. The Hall–Kier alpha value is -0.550. The van der Waals surface area contributed by atoms with Crippen LogP contribution in [0.25, 0.3) is 0 Å². The van der Waals surface area contributed by atoms with E-state index >= 15 is 0 Å². The second-order valence-electron chi connectivity index (χ2n) is 2.70. The number of nitrogens with two attached hydrogens (primary N) is 1. The van der Waals surface area contributed by atoms with Gasteiger partial charge in [0.15, 0.2) is 0 Å². The lowest BCUT2D eigenvalue weighted by atomic mass is 10.3. The third kappa shape index (κ3) is 3.78. The summed E-state index contributed by atoms with van der Waals surface area (Å²) >= 11 is 1.18. The maximum Gasteiger partial charge on any atom is 0.393 e. The molecule has 1 nitrogen and oxygen atoms in total. The van der Waals surface area contributed by atoms with Gasteiger partial charge in [-0.15, -0.1) is 11.3 Å². The first kappa shape index (κ1) is 10.5. The van der Waals surface area contributed by atoms with E-state index in [0.29, 0.717) is 17.8 Å². The van der Waals surface area contributed by atoms with Crippen LogP contribution >= 0.6 is 11.3 Å². The van der Waals surface area contributed by atoms with Crippen molar-refractivity contribution in [2.75, 3.05) is 6.54 Å². The summed E-state index contributed by atoms with van der Waals surface area (Å²) in [6.45, 7) is 0.478. The minimum Gasteiger partial charge on any atom is -0.330 e. The maximum absolute atomic E-state index is 11.9. The zero-order valence-electron chi connectivity index (χ0n) is 6.90.